The van der Waals surface area contributed by atoms with Gasteiger partial charge in [0.15, 0.2) is 5.78 Å². The van der Waals surface area contributed by atoms with Gasteiger partial charge in [-0.05, 0) is 35.1 Å². The number of hydrogen-bond donors (Lipinski definition) is 0. The summed E-state index contributed by atoms with van der Waals surface area (Å²) in [5, 5.41) is 3.14. The number of ketones is 1. The molecule has 2 aromatic rings. The normalized spacial score (nSPS) is 14.2. The number of fused-ring (bicyclic) bond motifs is 3. The van der Waals surface area contributed by atoms with Crippen molar-refractivity contribution in [2.75, 3.05) is 0 Å². The molecule has 0 atom stereocenters. The fraction of sp³-hybridized carbons (Fsp3) is 0.143. The van der Waals surface area contributed by atoms with Gasteiger partial charge < -0.3 is 0 Å². The Kier molecular flexibility index (Phi) is 1.90. The minimum absolute atomic E-state index is 0.167. The van der Waals surface area contributed by atoms with Crippen LogP contribution in [0.25, 0.3) is 23.1 Å². The first-order chi connectivity index (χ1) is 7.74. The summed E-state index contributed by atoms with van der Waals surface area (Å²) in [5.41, 5.74) is 2.14. The second-order valence-electron chi connectivity index (χ2n) is 4.17. The predicted octanol–water partition coefficient (Wildman–Crippen LogP) is 1.08. The van der Waals surface area contributed by atoms with Crippen molar-refractivity contribution in [2.45, 2.75) is 13.3 Å². The van der Waals surface area contributed by atoms with E-state index >= 15 is 0 Å². The average molecular weight is 209 g/mol. The highest BCUT2D eigenvalue weighted by atomic mass is 16.1. The van der Waals surface area contributed by atoms with E-state index in [4.69, 9.17) is 0 Å². The average Bonchev–Trinajstić information content (AvgIpc) is 2.28. The molecule has 0 bridgehead atoms. The fourth-order valence-corrected chi connectivity index (χ4v) is 2.09. The summed E-state index contributed by atoms with van der Waals surface area (Å²) in [6.45, 7) is 2.04. The summed E-state index contributed by atoms with van der Waals surface area (Å²) < 4.78 is 0. The quantitative estimate of drug-likeness (QED) is 0.649. The largest absolute Gasteiger partial charge is 0.294 e. The molecule has 0 spiro atoms. The molecule has 1 aliphatic rings. The van der Waals surface area contributed by atoms with Crippen molar-refractivity contribution in [3.05, 3.63) is 40.4 Å². The Balaban J connectivity index is 2.54. The molecule has 0 N–H and O–H groups in total. The first-order valence-corrected chi connectivity index (χ1v) is 5.34. The molecular formula is C14H11NO. The smallest absolute Gasteiger partial charge is 0.160 e. The maximum absolute atomic E-state index is 11.4. The molecule has 0 saturated heterocycles. The van der Waals surface area contributed by atoms with Gasteiger partial charge in [-0.15, -0.1) is 0 Å². The SMILES string of the molecule is Cc1ccc2c3c(cnc2c1)=CCC(=O)C=3. The van der Waals surface area contributed by atoms with Crippen LogP contribution in [-0.4, -0.2) is 10.8 Å². The molecule has 0 fully saturated rings. The van der Waals surface area contributed by atoms with E-state index in [2.05, 4.69) is 11.1 Å². The number of benzene rings is 1. The van der Waals surface area contributed by atoms with Crippen LogP contribution in [0, 0.1) is 6.92 Å². The zero-order valence-corrected chi connectivity index (χ0v) is 9.03. The van der Waals surface area contributed by atoms with Gasteiger partial charge in [-0.2, -0.15) is 0 Å². The van der Waals surface area contributed by atoms with Crippen molar-refractivity contribution >= 4 is 28.8 Å². The van der Waals surface area contributed by atoms with E-state index < -0.39 is 0 Å². The van der Waals surface area contributed by atoms with E-state index in [1.54, 1.807) is 6.08 Å². The third-order valence-corrected chi connectivity index (χ3v) is 2.93. The molecule has 1 heterocycles. The maximum Gasteiger partial charge on any atom is 0.160 e. The number of carbonyl (C=O) groups is 1. The van der Waals surface area contributed by atoms with Crippen molar-refractivity contribution in [1.29, 1.82) is 0 Å². The second-order valence-corrected chi connectivity index (χ2v) is 4.17. The van der Waals surface area contributed by atoms with E-state index in [9.17, 15) is 4.79 Å². The highest BCUT2D eigenvalue weighted by Gasteiger charge is 2.05. The van der Waals surface area contributed by atoms with Crippen LogP contribution in [0.1, 0.15) is 12.0 Å². The molecule has 0 amide bonds. The topological polar surface area (TPSA) is 30.0 Å². The minimum Gasteiger partial charge on any atom is -0.294 e. The molecule has 1 aromatic heterocycles. The molecular weight excluding hydrogens is 198 g/mol. The molecule has 0 saturated carbocycles. The highest BCUT2D eigenvalue weighted by Crippen LogP contribution is 2.08. The van der Waals surface area contributed by atoms with Crippen molar-refractivity contribution < 1.29 is 4.79 Å². The fourth-order valence-electron chi connectivity index (χ4n) is 2.09. The number of nitrogens with zero attached hydrogens (tertiary/aromatic N) is 1. The predicted molar refractivity (Wildman–Crippen MR) is 64.3 cm³/mol. The van der Waals surface area contributed by atoms with E-state index in [0.29, 0.717) is 6.42 Å². The zero-order valence-electron chi connectivity index (χ0n) is 9.03. The molecule has 2 nitrogen and oxygen atoms in total. The molecule has 1 aliphatic carbocycles. The Labute approximate surface area is 92.9 Å². The summed E-state index contributed by atoms with van der Waals surface area (Å²) in [6.07, 6.45) is 6.02. The third-order valence-electron chi connectivity index (χ3n) is 2.93. The van der Waals surface area contributed by atoms with Gasteiger partial charge in [-0.3, -0.25) is 9.78 Å². The Hall–Kier alpha value is -1.96. The maximum atomic E-state index is 11.4. The van der Waals surface area contributed by atoms with E-state index in [-0.39, 0.29) is 5.78 Å². The molecule has 16 heavy (non-hydrogen) atoms. The number of aromatic nitrogens is 1. The Bertz CT molecular complexity index is 713. The molecule has 2 heteroatoms. The van der Waals surface area contributed by atoms with Crippen molar-refractivity contribution in [2.24, 2.45) is 0 Å². The standard InChI is InChI=1S/C14H11NO/c1-9-2-5-12-13-7-11(16)4-3-10(13)8-15-14(12)6-9/h2-3,5-8H,4H2,1H3. The van der Waals surface area contributed by atoms with Gasteiger partial charge >= 0.3 is 0 Å². The van der Waals surface area contributed by atoms with Crippen molar-refractivity contribution in [3.8, 4) is 0 Å². The van der Waals surface area contributed by atoms with Gasteiger partial charge in [0.1, 0.15) is 0 Å². The number of carbonyl (C=O) groups excluding carboxylic acids is 1. The number of hydrogen-bond acceptors (Lipinski definition) is 2. The van der Waals surface area contributed by atoms with Crippen molar-refractivity contribution in [1.82, 2.24) is 4.98 Å². The zero-order chi connectivity index (χ0) is 11.1. The van der Waals surface area contributed by atoms with Gasteiger partial charge in [0.2, 0.25) is 0 Å². The first-order valence-electron chi connectivity index (χ1n) is 5.34. The van der Waals surface area contributed by atoms with Gasteiger partial charge in [0.05, 0.1) is 5.52 Å². The number of pyridine rings is 1. The lowest BCUT2D eigenvalue weighted by molar-refractivity contribution is -0.112. The number of rotatable bonds is 0. The van der Waals surface area contributed by atoms with E-state index in [0.717, 1.165) is 21.3 Å². The van der Waals surface area contributed by atoms with Crippen LogP contribution in [0.3, 0.4) is 0 Å². The van der Waals surface area contributed by atoms with Crippen LogP contribution in [-0.2, 0) is 4.79 Å². The molecule has 0 radical (unpaired) electrons. The lowest BCUT2D eigenvalue weighted by Gasteiger charge is -2.04. The van der Waals surface area contributed by atoms with Crippen LogP contribution in [0.15, 0.2) is 24.4 Å². The highest BCUT2D eigenvalue weighted by molar-refractivity contribution is 6.10. The van der Waals surface area contributed by atoms with Crippen LogP contribution >= 0.6 is 0 Å². The van der Waals surface area contributed by atoms with E-state index in [1.165, 1.54) is 5.56 Å². The Morgan fingerprint density at radius 2 is 2.19 bits per heavy atom. The van der Waals surface area contributed by atoms with Gasteiger partial charge in [-0.25, -0.2) is 0 Å². The summed E-state index contributed by atoms with van der Waals surface area (Å²) in [6, 6.07) is 6.14. The summed E-state index contributed by atoms with van der Waals surface area (Å²) in [7, 11) is 0. The summed E-state index contributed by atoms with van der Waals surface area (Å²) in [5.74, 6) is 0.167. The molecule has 1 aromatic carbocycles. The first kappa shape index (κ1) is 9.28. The minimum atomic E-state index is 0.167. The van der Waals surface area contributed by atoms with Crippen LogP contribution in [0.2, 0.25) is 0 Å². The summed E-state index contributed by atoms with van der Waals surface area (Å²) in [4.78, 5) is 15.8. The van der Waals surface area contributed by atoms with Gasteiger partial charge in [0, 0.05) is 18.0 Å². The third kappa shape index (κ3) is 1.34. The molecule has 3 rings (SSSR count). The van der Waals surface area contributed by atoms with Gasteiger partial charge in [-0.1, -0.05) is 18.2 Å². The van der Waals surface area contributed by atoms with Crippen LogP contribution in [0.5, 0.6) is 0 Å². The lowest BCUT2D eigenvalue weighted by Crippen LogP contribution is -2.30. The van der Waals surface area contributed by atoms with Crippen molar-refractivity contribution in [3.63, 3.8) is 0 Å². The Morgan fingerprint density at radius 1 is 1.31 bits per heavy atom. The van der Waals surface area contributed by atoms with Crippen LogP contribution in [0.4, 0.5) is 0 Å². The van der Waals surface area contributed by atoms with Gasteiger partial charge in [0.25, 0.3) is 0 Å². The van der Waals surface area contributed by atoms with E-state index in [1.807, 2.05) is 31.3 Å². The monoisotopic (exact) mass is 209 g/mol. The summed E-state index contributed by atoms with van der Waals surface area (Å²) >= 11 is 0. The molecule has 0 unspecified atom stereocenters. The lowest BCUT2D eigenvalue weighted by atomic mass is 10.0. The number of Topliss-reactive ketones (excluding diaryl/α,β-unsaturated/α-hetero) is 1. The Morgan fingerprint density at radius 3 is 3.06 bits per heavy atom. The molecule has 0 aliphatic heterocycles. The molecule has 78 valence electrons. The number of aryl methyl sites for hydroxylation is 1. The van der Waals surface area contributed by atoms with Crippen LogP contribution < -0.4 is 10.4 Å². The second kappa shape index (κ2) is 3.27.